The largest absolute Gasteiger partial charge is 0.478 e. The van der Waals surface area contributed by atoms with Crippen molar-refractivity contribution in [3.05, 3.63) is 58.8 Å². The van der Waals surface area contributed by atoms with E-state index in [2.05, 4.69) is 40.7 Å². The van der Waals surface area contributed by atoms with Gasteiger partial charge in [0, 0.05) is 24.3 Å². The molecule has 3 aliphatic rings. The second-order valence-corrected chi connectivity index (χ2v) is 7.72. The average Bonchev–Trinajstić information content (AvgIpc) is 3.47. The van der Waals surface area contributed by atoms with Crippen molar-refractivity contribution in [1.29, 1.82) is 0 Å². The molecule has 2 N–H and O–H groups in total. The summed E-state index contributed by atoms with van der Waals surface area (Å²) in [6.07, 6.45) is 6.28. The van der Waals surface area contributed by atoms with E-state index in [4.69, 9.17) is 10.2 Å². The summed E-state index contributed by atoms with van der Waals surface area (Å²) in [4.78, 5) is 23.7. The topological polar surface area (TPSA) is 91.9 Å². The third-order valence-corrected chi connectivity index (χ3v) is 5.68. The lowest BCUT2D eigenvalue weighted by molar-refractivity contribution is -0.134. The molecule has 1 saturated carbocycles. The van der Waals surface area contributed by atoms with E-state index in [0.29, 0.717) is 12.2 Å². The zero-order valence-electron chi connectivity index (χ0n) is 16.4. The molecular weight excluding hydrogens is 368 g/mol. The summed E-state index contributed by atoms with van der Waals surface area (Å²) in [5, 5.41) is 15.6. The van der Waals surface area contributed by atoms with E-state index in [1.54, 1.807) is 11.1 Å². The number of hydrogen-bond donors (Lipinski definition) is 2. The number of carboxylic acids is 2. The fourth-order valence-corrected chi connectivity index (χ4v) is 4.18. The highest BCUT2D eigenvalue weighted by molar-refractivity contribution is 5.99. The SMILES string of the molecule is CC1=NCCn2c1cc1c2-c2ccc(C3CC3)cc2CC1.O=C(O)/C=C/C(=O)O. The third kappa shape index (κ3) is 4.01. The van der Waals surface area contributed by atoms with Crippen LogP contribution in [0.15, 0.2) is 41.4 Å². The van der Waals surface area contributed by atoms with E-state index < -0.39 is 11.9 Å². The molecule has 0 amide bonds. The summed E-state index contributed by atoms with van der Waals surface area (Å²) in [5.74, 6) is -1.66. The molecule has 5 rings (SSSR count). The van der Waals surface area contributed by atoms with Gasteiger partial charge in [0.2, 0.25) is 0 Å². The number of rotatable bonds is 3. The number of nitrogens with zero attached hydrogens (tertiary/aromatic N) is 2. The third-order valence-electron chi connectivity index (χ3n) is 5.68. The number of benzene rings is 1. The number of hydrogen-bond acceptors (Lipinski definition) is 3. The smallest absolute Gasteiger partial charge is 0.328 e. The molecule has 0 unspecified atom stereocenters. The van der Waals surface area contributed by atoms with Crippen LogP contribution < -0.4 is 0 Å². The normalized spacial score (nSPS) is 16.8. The molecule has 29 heavy (non-hydrogen) atoms. The van der Waals surface area contributed by atoms with E-state index in [0.717, 1.165) is 19.0 Å². The van der Waals surface area contributed by atoms with Crippen LogP contribution in [0, 0.1) is 0 Å². The van der Waals surface area contributed by atoms with Gasteiger partial charge in [-0.3, -0.25) is 4.99 Å². The zero-order chi connectivity index (χ0) is 20.5. The Labute approximate surface area is 169 Å². The van der Waals surface area contributed by atoms with Crippen LogP contribution in [0.25, 0.3) is 11.3 Å². The van der Waals surface area contributed by atoms with Crippen LogP contribution in [0.1, 0.15) is 48.1 Å². The van der Waals surface area contributed by atoms with E-state index in [9.17, 15) is 9.59 Å². The lowest BCUT2D eigenvalue weighted by Crippen LogP contribution is -2.17. The maximum absolute atomic E-state index is 9.55. The average molecular weight is 392 g/mol. The van der Waals surface area contributed by atoms with Crippen molar-refractivity contribution < 1.29 is 19.8 Å². The highest BCUT2D eigenvalue weighted by atomic mass is 16.4. The van der Waals surface area contributed by atoms with Crippen molar-refractivity contribution in [2.45, 2.75) is 45.1 Å². The van der Waals surface area contributed by atoms with Gasteiger partial charge in [0.05, 0.1) is 23.6 Å². The van der Waals surface area contributed by atoms with Crippen molar-refractivity contribution in [3.8, 4) is 11.3 Å². The van der Waals surface area contributed by atoms with Crippen LogP contribution >= 0.6 is 0 Å². The number of aliphatic imine (C=N–C) groups is 1. The number of aryl methyl sites for hydroxylation is 2. The second kappa shape index (κ2) is 7.70. The first-order chi connectivity index (χ1) is 13.9. The maximum atomic E-state index is 9.55. The monoisotopic (exact) mass is 392 g/mol. The van der Waals surface area contributed by atoms with Crippen LogP contribution in [-0.4, -0.2) is 39.0 Å². The Bertz CT molecular complexity index is 1030. The lowest BCUT2D eigenvalue weighted by atomic mass is 9.88. The van der Waals surface area contributed by atoms with E-state index in [1.165, 1.54) is 53.9 Å². The van der Waals surface area contributed by atoms with Crippen molar-refractivity contribution in [2.75, 3.05) is 6.54 Å². The molecule has 2 heterocycles. The number of fused-ring (bicyclic) bond motifs is 5. The molecule has 1 aromatic carbocycles. The standard InChI is InChI=1S/C19H20N2.C4H4O4/c1-12-18-11-16-5-4-15-10-14(13-2-3-13)6-7-17(15)19(16)21(18)9-8-20-12;5-3(6)1-2-4(7)8/h6-7,10-11,13H,2-5,8-9H2,1H3;1-2H,(H,5,6)(H,7,8)/b;2-1+. The van der Waals surface area contributed by atoms with Crippen LogP contribution in [0.2, 0.25) is 0 Å². The van der Waals surface area contributed by atoms with Gasteiger partial charge in [0.1, 0.15) is 0 Å². The molecule has 6 heteroatoms. The van der Waals surface area contributed by atoms with E-state index in [-0.39, 0.29) is 0 Å². The zero-order valence-corrected chi connectivity index (χ0v) is 16.4. The molecule has 0 radical (unpaired) electrons. The van der Waals surface area contributed by atoms with Crippen molar-refractivity contribution >= 4 is 17.7 Å². The Morgan fingerprint density at radius 3 is 2.41 bits per heavy atom. The fourth-order valence-electron chi connectivity index (χ4n) is 4.18. The van der Waals surface area contributed by atoms with E-state index in [1.807, 2.05) is 0 Å². The minimum Gasteiger partial charge on any atom is -0.478 e. The fraction of sp³-hybridized carbons (Fsp3) is 0.348. The first-order valence-electron chi connectivity index (χ1n) is 9.95. The molecule has 1 aliphatic heterocycles. The van der Waals surface area contributed by atoms with Crippen LogP contribution in [0.5, 0.6) is 0 Å². The maximum Gasteiger partial charge on any atom is 0.328 e. The number of aliphatic carboxylic acids is 2. The number of aromatic nitrogens is 1. The molecule has 0 bridgehead atoms. The Morgan fingerprint density at radius 1 is 1.07 bits per heavy atom. The van der Waals surface area contributed by atoms with Crippen molar-refractivity contribution in [3.63, 3.8) is 0 Å². The van der Waals surface area contributed by atoms with Gasteiger partial charge >= 0.3 is 11.9 Å². The quantitative estimate of drug-likeness (QED) is 0.780. The molecule has 0 atom stereocenters. The van der Waals surface area contributed by atoms with Crippen molar-refractivity contribution in [1.82, 2.24) is 4.57 Å². The predicted molar refractivity (Wildman–Crippen MR) is 111 cm³/mol. The Kier molecular flexibility index (Phi) is 5.09. The van der Waals surface area contributed by atoms with Gasteiger partial charge in [-0.1, -0.05) is 18.2 Å². The summed E-state index contributed by atoms with van der Waals surface area (Å²) in [5.41, 5.74) is 10.1. The highest BCUT2D eigenvalue weighted by Crippen LogP contribution is 2.43. The molecule has 1 aromatic heterocycles. The molecule has 2 aliphatic carbocycles. The van der Waals surface area contributed by atoms with Gasteiger partial charge in [-0.05, 0) is 61.3 Å². The Hall–Kier alpha value is -3.15. The summed E-state index contributed by atoms with van der Waals surface area (Å²) in [7, 11) is 0. The van der Waals surface area contributed by atoms with Crippen molar-refractivity contribution in [2.24, 2.45) is 4.99 Å². The van der Waals surface area contributed by atoms with Gasteiger partial charge < -0.3 is 14.8 Å². The van der Waals surface area contributed by atoms with Gasteiger partial charge in [-0.2, -0.15) is 0 Å². The van der Waals surface area contributed by atoms with Gasteiger partial charge in [0.25, 0.3) is 0 Å². The van der Waals surface area contributed by atoms with Gasteiger partial charge in [-0.25, -0.2) is 9.59 Å². The molecule has 6 nitrogen and oxygen atoms in total. The molecule has 150 valence electrons. The summed E-state index contributed by atoms with van der Waals surface area (Å²) in [6, 6.07) is 9.62. The van der Waals surface area contributed by atoms with Gasteiger partial charge in [-0.15, -0.1) is 0 Å². The predicted octanol–water partition coefficient (Wildman–Crippen LogP) is 3.67. The van der Waals surface area contributed by atoms with Crippen LogP contribution in [-0.2, 0) is 29.0 Å². The van der Waals surface area contributed by atoms with Crippen LogP contribution in [0.4, 0.5) is 0 Å². The Morgan fingerprint density at radius 2 is 1.76 bits per heavy atom. The summed E-state index contributed by atoms with van der Waals surface area (Å²) in [6.45, 7) is 4.11. The summed E-state index contributed by atoms with van der Waals surface area (Å²) >= 11 is 0. The number of carboxylic acid groups (broad SMARTS) is 2. The van der Waals surface area contributed by atoms with Crippen LogP contribution in [0.3, 0.4) is 0 Å². The molecule has 1 fully saturated rings. The first-order valence-corrected chi connectivity index (χ1v) is 9.95. The summed E-state index contributed by atoms with van der Waals surface area (Å²) < 4.78 is 2.51. The minimum absolute atomic E-state index is 0.558. The first kappa shape index (κ1) is 19.2. The Balaban J connectivity index is 0.000000221. The lowest BCUT2D eigenvalue weighted by Gasteiger charge is -2.22. The minimum atomic E-state index is -1.26. The molecule has 0 spiro atoms. The second-order valence-electron chi connectivity index (χ2n) is 7.72. The van der Waals surface area contributed by atoms with Gasteiger partial charge in [0.15, 0.2) is 0 Å². The van der Waals surface area contributed by atoms with E-state index >= 15 is 0 Å². The molecular formula is C23H24N2O4. The number of carbonyl (C=O) groups is 2. The highest BCUT2D eigenvalue weighted by Gasteiger charge is 2.28. The molecule has 0 saturated heterocycles. The molecule has 2 aromatic rings.